The van der Waals surface area contributed by atoms with Gasteiger partial charge in [-0.25, -0.2) is 17.9 Å². The first-order chi connectivity index (χ1) is 8.24. The summed E-state index contributed by atoms with van der Waals surface area (Å²) in [6.45, 7) is 2.89. The van der Waals surface area contributed by atoms with Crippen LogP contribution in [0.5, 0.6) is 0 Å². The first-order valence-corrected chi connectivity index (χ1v) is 6.74. The molecule has 0 saturated carbocycles. The van der Waals surface area contributed by atoms with Gasteiger partial charge in [-0.1, -0.05) is 6.07 Å². The molecule has 0 heterocycles. The lowest BCUT2D eigenvalue weighted by Crippen LogP contribution is -2.31. The molecule has 0 aliphatic rings. The van der Waals surface area contributed by atoms with Crippen LogP contribution in [0.2, 0.25) is 0 Å². The second-order valence-corrected chi connectivity index (χ2v) is 5.72. The zero-order chi connectivity index (χ0) is 13.9. The molecule has 0 amide bonds. The first-order valence-electron chi connectivity index (χ1n) is 5.25. The Labute approximate surface area is 105 Å². The van der Waals surface area contributed by atoms with Crippen LogP contribution in [0.25, 0.3) is 0 Å². The first kappa shape index (κ1) is 14.6. The molecule has 1 aromatic carbocycles. The largest absolute Gasteiger partial charge is 0.478 e. The summed E-state index contributed by atoms with van der Waals surface area (Å²) in [4.78, 5) is 10.7. The van der Waals surface area contributed by atoms with E-state index in [1.807, 2.05) is 0 Å². The number of carboxylic acid groups (broad SMARTS) is 1. The van der Waals surface area contributed by atoms with Crippen molar-refractivity contribution < 1.29 is 23.4 Å². The van der Waals surface area contributed by atoms with E-state index in [0.717, 1.165) is 6.07 Å². The number of carbonyl (C=O) groups is 1. The molecule has 0 bridgehead atoms. The van der Waals surface area contributed by atoms with Crippen molar-refractivity contribution in [1.82, 2.24) is 4.72 Å². The fourth-order valence-corrected chi connectivity index (χ4v) is 2.72. The molecule has 0 spiro atoms. The summed E-state index contributed by atoms with van der Waals surface area (Å²) in [7, 11) is -3.82. The Morgan fingerprint density at radius 3 is 2.56 bits per heavy atom. The van der Waals surface area contributed by atoms with Crippen molar-refractivity contribution in [3.8, 4) is 0 Å². The van der Waals surface area contributed by atoms with Crippen molar-refractivity contribution in [2.75, 3.05) is 6.54 Å². The van der Waals surface area contributed by atoms with E-state index in [1.165, 1.54) is 19.1 Å². The van der Waals surface area contributed by atoms with Gasteiger partial charge in [0.25, 0.3) is 0 Å². The van der Waals surface area contributed by atoms with Gasteiger partial charge in [0.2, 0.25) is 10.0 Å². The topological polar surface area (TPSA) is 104 Å². The molecular weight excluding hydrogens is 258 g/mol. The highest BCUT2D eigenvalue weighted by molar-refractivity contribution is 7.89. The number of hydrogen-bond donors (Lipinski definition) is 3. The number of aromatic carboxylic acids is 1. The van der Waals surface area contributed by atoms with Crippen LogP contribution in [0.4, 0.5) is 0 Å². The summed E-state index contributed by atoms with van der Waals surface area (Å²) < 4.78 is 26.0. The summed E-state index contributed by atoms with van der Waals surface area (Å²) in [5.41, 5.74) is 0.344. The molecule has 1 atom stereocenters. The summed E-state index contributed by atoms with van der Waals surface area (Å²) in [5, 5.41) is 17.9. The van der Waals surface area contributed by atoms with Crippen molar-refractivity contribution in [3.63, 3.8) is 0 Å². The van der Waals surface area contributed by atoms with Crippen molar-refractivity contribution in [1.29, 1.82) is 0 Å². The molecule has 6 nitrogen and oxygen atoms in total. The molecule has 0 aliphatic heterocycles. The van der Waals surface area contributed by atoms with E-state index in [-0.39, 0.29) is 17.0 Å². The third-order valence-corrected chi connectivity index (χ3v) is 3.86. The second kappa shape index (κ2) is 5.47. The highest BCUT2D eigenvalue weighted by atomic mass is 32.2. The van der Waals surface area contributed by atoms with Gasteiger partial charge in [-0.15, -0.1) is 0 Å². The maximum absolute atomic E-state index is 11.9. The monoisotopic (exact) mass is 273 g/mol. The van der Waals surface area contributed by atoms with Crippen molar-refractivity contribution in [2.24, 2.45) is 0 Å². The quantitative estimate of drug-likeness (QED) is 0.718. The molecule has 7 heteroatoms. The van der Waals surface area contributed by atoms with E-state index in [4.69, 9.17) is 10.2 Å². The molecular formula is C11H15NO5S. The van der Waals surface area contributed by atoms with Gasteiger partial charge in [0, 0.05) is 6.54 Å². The van der Waals surface area contributed by atoms with Crippen LogP contribution in [0, 0.1) is 6.92 Å². The highest BCUT2D eigenvalue weighted by Crippen LogP contribution is 2.17. The Morgan fingerprint density at radius 1 is 1.44 bits per heavy atom. The minimum Gasteiger partial charge on any atom is -0.478 e. The summed E-state index contributed by atoms with van der Waals surface area (Å²) in [6, 6.07) is 3.87. The van der Waals surface area contributed by atoms with Crippen molar-refractivity contribution in [3.05, 3.63) is 29.3 Å². The molecule has 0 aliphatic carbocycles. The molecule has 100 valence electrons. The van der Waals surface area contributed by atoms with Gasteiger partial charge in [0.1, 0.15) is 0 Å². The Hall–Kier alpha value is -1.44. The fraction of sp³-hybridized carbons (Fsp3) is 0.364. The van der Waals surface area contributed by atoms with Gasteiger partial charge < -0.3 is 10.2 Å². The van der Waals surface area contributed by atoms with Crippen LogP contribution >= 0.6 is 0 Å². The van der Waals surface area contributed by atoms with Crippen LogP contribution in [0.3, 0.4) is 0 Å². The molecule has 18 heavy (non-hydrogen) atoms. The number of aliphatic hydroxyl groups is 1. The lowest BCUT2D eigenvalue weighted by Gasteiger charge is -2.11. The number of rotatable bonds is 5. The van der Waals surface area contributed by atoms with Crippen LogP contribution < -0.4 is 4.72 Å². The van der Waals surface area contributed by atoms with E-state index in [1.54, 1.807) is 6.92 Å². The van der Waals surface area contributed by atoms with E-state index in [9.17, 15) is 13.2 Å². The molecule has 0 saturated heterocycles. The zero-order valence-corrected chi connectivity index (χ0v) is 10.9. The summed E-state index contributed by atoms with van der Waals surface area (Å²) in [6.07, 6.45) is -0.817. The Kier molecular flexibility index (Phi) is 4.44. The van der Waals surface area contributed by atoms with Crippen LogP contribution in [0.15, 0.2) is 23.1 Å². The summed E-state index contributed by atoms with van der Waals surface area (Å²) >= 11 is 0. The van der Waals surface area contributed by atoms with Gasteiger partial charge in [-0.05, 0) is 31.5 Å². The van der Waals surface area contributed by atoms with Crippen molar-refractivity contribution >= 4 is 16.0 Å². The van der Waals surface area contributed by atoms with E-state index in [2.05, 4.69) is 4.72 Å². The average molecular weight is 273 g/mol. The van der Waals surface area contributed by atoms with Crippen molar-refractivity contribution in [2.45, 2.75) is 24.8 Å². The molecule has 1 aromatic rings. The maximum atomic E-state index is 11.9. The van der Waals surface area contributed by atoms with Gasteiger partial charge >= 0.3 is 5.97 Å². The number of aryl methyl sites for hydroxylation is 1. The molecule has 0 unspecified atom stereocenters. The molecule has 0 radical (unpaired) electrons. The van der Waals surface area contributed by atoms with Gasteiger partial charge in [0.05, 0.1) is 16.6 Å². The number of aliphatic hydroxyl groups excluding tert-OH is 1. The Bertz CT molecular complexity index is 551. The summed E-state index contributed by atoms with van der Waals surface area (Å²) in [5.74, 6) is -1.19. The molecule has 0 aromatic heterocycles. The van der Waals surface area contributed by atoms with Gasteiger partial charge in [0.15, 0.2) is 0 Å². The standard InChI is InChI=1S/C11H15NO5S/c1-7-3-4-9(11(14)15)5-10(7)18(16,17)12-6-8(2)13/h3-5,8,12-13H,6H2,1-2H3,(H,14,15)/t8-/m1/s1. The number of nitrogens with one attached hydrogen (secondary N) is 1. The predicted molar refractivity (Wildman–Crippen MR) is 65.0 cm³/mol. The zero-order valence-electron chi connectivity index (χ0n) is 10.0. The number of benzene rings is 1. The van der Waals surface area contributed by atoms with Crippen LogP contribution in [0.1, 0.15) is 22.8 Å². The third kappa shape index (κ3) is 3.52. The maximum Gasteiger partial charge on any atom is 0.335 e. The minimum atomic E-state index is -3.82. The van der Waals surface area contributed by atoms with E-state index < -0.39 is 22.1 Å². The molecule has 0 fully saturated rings. The number of carboxylic acids is 1. The second-order valence-electron chi connectivity index (χ2n) is 3.99. The fourth-order valence-electron chi connectivity index (χ4n) is 1.33. The van der Waals surface area contributed by atoms with Gasteiger partial charge in [-0.3, -0.25) is 0 Å². The minimum absolute atomic E-state index is 0.0944. The lowest BCUT2D eigenvalue weighted by molar-refractivity contribution is 0.0696. The number of hydrogen-bond acceptors (Lipinski definition) is 4. The van der Waals surface area contributed by atoms with Crippen LogP contribution in [-0.4, -0.2) is 37.2 Å². The normalized spacial score (nSPS) is 13.3. The number of sulfonamides is 1. The van der Waals surface area contributed by atoms with E-state index >= 15 is 0 Å². The molecule has 1 rings (SSSR count). The third-order valence-electron chi connectivity index (χ3n) is 2.29. The molecule has 3 N–H and O–H groups in total. The predicted octanol–water partition coefficient (Wildman–Crippen LogP) is 0.352. The van der Waals surface area contributed by atoms with E-state index in [0.29, 0.717) is 5.56 Å². The Balaban J connectivity index is 3.15. The lowest BCUT2D eigenvalue weighted by atomic mass is 10.1. The SMILES string of the molecule is Cc1ccc(C(=O)O)cc1S(=O)(=O)NC[C@@H](C)O. The Morgan fingerprint density at radius 2 is 2.06 bits per heavy atom. The average Bonchev–Trinajstić information content (AvgIpc) is 2.26. The smallest absolute Gasteiger partial charge is 0.335 e. The van der Waals surface area contributed by atoms with Gasteiger partial charge in [-0.2, -0.15) is 0 Å². The van der Waals surface area contributed by atoms with Crippen LogP contribution in [-0.2, 0) is 10.0 Å². The highest BCUT2D eigenvalue weighted by Gasteiger charge is 2.19.